The monoisotopic (exact) mass is 463 g/mol. The zero-order chi connectivity index (χ0) is 23.6. The molecule has 2 aromatic heterocycles. The van der Waals surface area contributed by atoms with E-state index in [9.17, 15) is 0 Å². The second-order valence-electron chi connectivity index (χ2n) is 9.05. The maximum Gasteiger partial charge on any atom is 0.329 e. The molecule has 0 N–H and O–H groups in total. The van der Waals surface area contributed by atoms with E-state index in [0.717, 1.165) is 22.7 Å². The van der Waals surface area contributed by atoms with Gasteiger partial charge >= 0.3 is 6.85 Å². The molecule has 0 radical (unpaired) electrons. The van der Waals surface area contributed by atoms with Gasteiger partial charge in [-0.2, -0.15) is 0 Å². The highest BCUT2D eigenvalue weighted by Crippen LogP contribution is 2.46. The van der Waals surface area contributed by atoms with Crippen LogP contribution in [0.5, 0.6) is 0 Å². The molecule has 2 aliphatic rings. The van der Waals surface area contributed by atoms with E-state index in [2.05, 4.69) is 110 Å². The molecule has 6 aromatic rings. The fraction of sp³-hybridized carbons (Fsp3) is 0. The minimum absolute atomic E-state index is 0.0365. The molecule has 36 heavy (non-hydrogen) atoms. The highest BCUT2D eigenvalue weighted by molar-refractivity contribution is 6.92. The van der Waals surface area contributed by atoms with E-state index in [1.54, 1.807) is 21.8 Å². The van der Waals surface area contributed by atoms with Crippen LogP contribution in [0.1, 0.15) is 0 Å². The van der Waals surface area contributed by atoms with Crippen molar-refractivity contribution in [2.45, 2.75) is 0 Å². The Morgan fingerprint density at radius 3 is 1.50 bits per heavy atom. The summed E-state index contributed by atoms with van der Waals surface area (Å²) in [6.07, 6.45) is 7.15. The summed E-state index contributed by atoms with van der Waals surface area (Å²) in [5.41, 5.74) is 11.7. The van der Waals surface area contributed by atoms with Crippen molar-refractivity contribution < 1.29 is 0 Å². The summed E-state index contributed by atoms with van der Waals surface area (Å²) < 4.78 is 3.61. The SMILES string of the molecule is c1ccc2c(c1)B1c3ccccc3-c3ccc(-n4ccnn4)cc3N1c1cc(-n3ccnn3)ccc1-2. The van der Waals surface area contributed by atoms with Crippen LogP contribution in [0.15, 0.2) is 110 Å². The molecule has 8 heteroatoms. The third-order valence-corrected chi connectivity index (χ3v) is 7.21. The van der Waals surface area contributed by atoms with Crippen LogP contribution in [0, 0.1) is 0 Å². The molecule has 2 aliphatic heterocycles. The molecule has 0 bridgehead atoms. The Balaban J connectivity index is 1.46. The van der Waals surface area contributed by atoms with Crippen LogP contribution in [-0.4, -0.2) is 36.8 Å². The van der Waals surface area contributed by atoms with E-state index in [-0.39, 0.29) is 6.85 Å². The predicted octanol–water partition coefficient (Wildman–Crippen LogP) is 3.75. The maximum absolute atomic E-state index is 4.24. The summed E-state index contributed by atoms with van der Waals surface area (Å²) in [6.45, 7) is 0.0365. The molecule has 168 valence electrons. The quantitative estimate of drug-likeness (QED) is 0.366. The first-order chi connectivity index (χ1) is 17.9. The van der Waals surface area contributed by atoms with Gasteiger partial charge in [0.1, 0.15) is 0 Å². The van der Waals surface area contributed by atoms with Crippen LogP contribution in [0.25, 0.3) is 33.6 Å². The molecule has 7 nitrogen and oxygen atoms in total. The lowest BCUT2D eigenvalue weighted by atomic mass is 9.43. The van der Waals surface area contributed by atoms with Gasteiger partial charge in [-0.05, 0) is 46.3 Å². The number of nitrogens with zero attached hydrogens (tertiary/aromatic N) is 7. The molecule has 8 rings (SSSR count). The zero-order valence-electron chi connectivity index (χ0n) is 19.1. The van der Waals surface area contributed by atoms with Crippen molar-refractivity contribution in [3.8, 4) is 33.6 Å². The van der Waals surface area contributed by atoms with E-state index in [0.29, 0.717) is 0 Å². The molecule has 0 fully saturated rings. The third-order valence-electron chi connectivity index (χ3n) is 7.21. The third kappa shape index (κ3) is 2.63. The summed E-state index contributed by atoms with van der Waals surface area (Å²) >= 11 is 0. The minimum Gasteiger partial charge on any atom is -0.376 e. The number of hydrogen-bond acceptors (Lipinski definition) is 5. The minimum atomic E-state index is 0.0365. The average molecular weight is 463 g/mol. The second kappa shape index (κ2) is 7.26. The van der Waals surface area contributed by atoms with E-state index in [1.165, 1.54) is 33.2 Å². The normalized spacial score (nSPS) is 12.9. The molecule has 0 spiro atoms. The van der Waals surface area contributed by atoms with Crippen LogP contribution in [0.2, 0.25) is 0 Å². The van der Waals surface area contributed by atoms with Crippen molar-refractivity contribution in [3.63, 3.8) is 0 Å². The lowest BCUT2D eigenvalue weighted by molar-refractivity contribution is 0.802. The van der Waals surface area contributed by atoms with E-state index >= 15 is 0 Å². The van der Waals surface area contributed by atoms with Gasteiger partial charge in [0, 0.05) is 22.5 Å². The second-order valence-corrected chi connectivity index (χ2v) is 9.05. The zero-order valence-corrected chi connectivity index (χ0v) is 19.1. The fourth-order valence-electron chi connectivity index (χ4n) is 5.69. The van der Waals surface area contributed by atoms with Crippen LogP contribution in [0.4, 0.5) is 11.4 Å². The largest absolute Gasteiger partial charge is 0.376 e. The standard InChI is InChI=1S/C28H18BN7/c1-3-7-25-21(5-1)23-11-9-19(34-15-13-30-32-34)17-27(23)36-28-18-20(35-16-14-31-33-35)10-12-24(28)22-6-2-4-8-26(22)29(25)36/h1-18H. The van der Waals surface area contributed by atoms with Crippen LogP contribution in [0.3, 0.4) is 0 Å². The van der Waals surface area contributed by atoms with Crippen LogP contribution < -0.4 is 15.7 Å². The molecule has 4 heterocycles. The van der Waals surface area contributed by atoms with Gasteiger partial charge in [-0.1, -0.05) is 71.1 Å². The summed E-state index contributed by atoms with van der Waals surface area (Å²) in [4.78, 5) is 2.47. The van der Waals surface area contributed by atoms with Crippen molar-refractivity contribution >= 4 is 29.1 Å². The molecule has 0 amide bonds. The first-order valence-corrected chi connectivity index (χ1v) is 11.9. The molecule has 4 aromatic carbocycles. The van der Waals surface area contributed by atoms with Crippen molar-refractivity contribution in [3.05, 3.63) is 110 Å². The van der Waals surface area contributed by atoms with Crippen molar-refractivity contribution in [2.75, 3.05) is 4.81 Å². The lowest BCUT2D eigenvalue weighted by Gasteiger charge is -2.43. The summed E-state index contributed by atoms with van der Waals surface area (Å²) in [5, 5.41) is 16.5. The summed E-state index contributed by atoms with van der Waals surface area (Å²) in [6, 6.07) is 30.5. The Kier molecular flexibility index (Phi) is 3.90. The number of fused-ring (bicyclic) bond motifs is 11. The van der Waals surface area contributed by atoms with E-state index in [4.69, 9.17) is 0 Å². The number of benzene rings is 4. The predicted molar refractivity (Wildman–Crippen MR) is 141 cm³/mol. The van der Waals surface area contributed by atoms with Gasteiger partial charge in [0.2, 0.25) is 0 Å². The molecule has 0 saturated heterocycles. The topological polar surface area (TPSA) is 64.7 Å². The summed E-state index contributed by atoms with van der Waals surface area (Å²) in [7, 11) is 0. The first-order valence-electron chi connectivity index (χ1n) is 11.9. The van der Waals surface area contributed by atoms with Gasteiger partial charge < -0.3 is 4.81 Å². The number of aromatic nitrogens is 6. The fourth-order valence-corrected chi connectivity index (χ4v) is 5.69. The van der Waals surface area contributed by atoms with Crippen molar-refractivity contribution in [2.24, 2.45) is 0 Å². The maximum atomic E-state index is 4.24. The number of rotatable bonds is 2. The lowest BCUT2D eigenvalue weighted by Crippen LogP contribution is -2.59. The first kappa shape index (κ1) is 19.3. The highest BCUT2D eigenvalue weighted by atomic mass is 15.4. The molecule has 0 atom stereocenters. The van der Waals surface area contributed by atoms with E-state index in [1.807, 2.05) is 12.4 Å². The van der Waals surface area contributed by atoms with Gasteiger partial charge in [0.15, 0.2) is 0 Å². The molecular weight excluding hydrogens is 445 g/mol. The van der Waals surface area contributed by atoms with Crippen LogP contribution in [-0.2, 0) is 0 Å². The van der Waals surface area contributed by atoms with Gasteiger partial charge in [-0.25, -0.2) is 9.36 Å². The Hall–Kier alpha value is -4.98. The van der Waals surface area contributed by atoms with Gasteiger partial charge in [0.05, 0.1) is 36.2 Å². The molecule has 0 aliphatic carbocycles. The van der Waals surface area contributed by atoms with Gasteiger partial charge in [-0.3, -0.25) is 0 Å². The number of anilines is 2. The van der Waals surface area contributed by atoms with Gasteiger partial charge in [-0.15, -0.1) is 10.2 Å². The molecule has 0 saturated carbocycles. The van der Waals surface area contributed by atoms with E-state index < -0.39 is 0 Å². The number of hydrogen-bond donors (Lipinski definition) is 0. The van der Waals surface area contributed by atoms with Gasteiger partial charge in [0.25, 0.3) is 0 Å². The smallest absolute Gasteiger partial charge is 0.329 e. The Morgan fingerprint density at radius 2 is 1.03 bits per heavy atom. The summed E-state index contributed by atoms with van der Waals surface area (Å²) in [5.74, 6) is 0. The molecular formula is C28H18BN7. The van der Waals surface area contributed by atoms with Crippen LogP contribution >= 0.6 is 0 Å². The Morgan fingerprint density at radius 1 is 0.528 bits per heavy atom. The Bertz CT molecular complexity index is 1630. The average Bonchev–Trinajstić information content (AvgIpc) is 3.67. The Labute approximate surface area is 207 Å². The highest BCUT2D eigenvalue weighted by Gasteiger charge is 2.42. The van der Waals surface area contributed by atoms with Crippen molar-refractivity contribution in [1.29, 1.82) is 0 Å². The molecule has 0 unspecified atom stereocenters. The van der Waals surface area contributed by atoms with Crippen molar-refractivity contribution in [1.82, 2.24) is 30.0 Å².